The zero-order valence-electron chi connectivity index (χ0n) is 21.3. The number of carbonyl (C=O) groups is 2. The topological polar surface area (TPSA) is 116 Å². The van der Waals surface area contributed by atoms with Crippen LogP contribution in [0.2, 0.25) is 0 Å². The Morgan fingerprint density at radius 1 is 1.05 bits per heavy atom. The molecular weight excluding hydrogens is 532 g/mol. The van der Waals surface area contributed by atoms with Gasteiger partial charge in [0.05, 0.1) is 18.0 Å². The molecule has 0 saturated carbocycles. The number of alkyl halides is 1. The Balaban J connectivity index is 1.24. The highest BCUT2D eigenvalue weighted by atomic mass is 35.5. The van der Waals surface area contributed by atoms with Gasteiger partial charge in [-0.15, -0.1) is 11.6 Å². The van der Waals surface area contributed by atoms with E-state index in [1.165, 1.54) is 0 Å². The Kier molecular flexibility index (Phi) is 6.75. The zero-order valence-corrected chi connectivity index (χ0v) is 22.0. The number of rotatable bonds is 7. The third-order valence-electron chi connectivity index (χ3n) is 6.98. The Morgan fingerprint density at radius 2 is 1.82 bits per heavy atom. The van der Waals surface area contributed by atoms with E-state index >= 15 is 0 Å². The van der Waals surface area contributed by atoms with E-state index in [4.69, 9.17) is 21.4 Å². The van der Waals surface area contributed by atoms with Crippen molar-refractivity contribution in [3.63, 3.8) is 0 Å². The summed E-state index contributed by atoms with van der Waals surface area (Å²) >= 11 is 6.32. The molecule has 40 heavy (non-hydrogen) atoms. The number of halogens is 1. The minimum Gasteiger partial charge on any atom is -0.507 e. The van der Waals surface area contributed by atoms with Gasteiger partial charge in [0.2, 0.25) is 0 Å². The summed E-state index contributed by atoms with van der Waals surface area (Å²) in [5.41, 5.74) is 3.31. The van der Waals surface area contributed by atoms with Crippen LogP contribution < -0.4 is 15.0 Å². The maximum Gasteiger partial charge on any atom is 0.278 e. The van der Waals surface area contributed by atoms with E-state index in [-0.39, 0.29) is 42.4 Å². The second kappa shape index (κ2) is 10.5. The number of amides is 2. The summed E-state index contributed by atoms with van der Waals surface area (Å²) in [6.45, 7) is 0.467. The van der Waals surface area contributed by atoms with Crippen molar-refractivity contribution in [1.82, 2.24) is 9.38 Å². The highest BCUT2D eigenvalue weighted by Crippen LogP contribution is 2.45. The first kappa shape index (κ1) is 25.7. The molecule has 0 unspecified atom stereocenters. The number of hydrogen-bond acceptors (Lipinski definition) is 6. The smallest absolute Gasteiger partial charge is 0.278 e. The summed E-state index contributed by atoms with van der Waals surface area (Å²) in [6, 6.07) is 19.2. The maximum absolute atomic E-state index is 13.7. The largest absolute Gasteiger partial charge is 0.507 e. The summed E-state index contributed by atoms with van der Waals surface area (Å²) in [7, 11) is 0. The van der Waals surface area contributed by atoms with Gasteiger partial charge in [0.15, 0.2) is 0 Å². The second-order valence-electron chi connectivity index (χ2n) is 9.50. The maximum atomic E-state index is 13.7. The molecule has 6 rings (SSSR count). The molecule has 3 N–H and O–H groups in total. The van der Waals surface area contributed by atoms with Crippen LogP contribution in [-0.2, 0) is 0 Å². The van der Waals surface area contributed by atoms with Crippen LogP contribution in [0.3, 0.4) is 0 Å². The number of phenolic OH excluding ortho intramolecular Hbond substituents is 1. The zero-order chi connectivity index (χ0) is 27.8. The number of anilines is 2. The van der Waals surface area contributed by atoms with Gasteiger partial charge >= 0.3 is 0 Å². The van der Waals surface area contributed by atoms with Crippen molar-refractivity contribution in [2.45, 2.75) is 5.92 Å². The number of imidazole rings is 1. The molecular formula is C30H25ClN4O5. The predicted molar refractivity (Wildman–Crippen MR) is 153 cm³/mol. The SMILES string of the molecule is O=C(Nc1ccc2nc(C(=O)N3C[C@@H](CCl)c4c3cc(O)c3ccccc43)cn2c1)c1ccc(OCCO)cc1. The van der Waals surface area contributed by atoms with Gasteiger partial charge in [0.1, 0.15) is 29.4 Å². The van der Waals surface area contributed by atoms with Crippen LogP contribution in [0.1, 0.15) is 32.3 Å². The van der Waals surface area contributed by atoms with Crippen molar-refractivity contribution in [3.05, 3.63) is 95.9 Å². The number of aliphatic hydroxyl groups excluding tert-OH is 1. The number of aliphatic hydroxyl groups is 1. The van der Waals surface area contributed by atoms with Gasteiger partial charge < -0.3 is 29.6 Å². The van der Waals surface area contributed by atoms with E-state index in [9.17, 15) is 14.7 Å². The quantitative estimate of drug-likeness (QED) is 0.248. The summed E-state index contributed by atoms with van der Waals surface area (Å²) < 4.78 is 7.01. The molecule has 3 heterocycles. The number of aromatic hydroxyl groups is 1. The molecule has 202 valence electrons. The highest BCUT2D eigenvalue weighted by molar-refractivity contribution is 6.19. The monoisotopic (exact) mass is 556 g/mol. The lowest BCUT2D eigenvalue weighted by Crippen LogP contribution is -2.30. The molecule has 1 aliphatic heterocycles. The molecule has 0 fully saturated rings. The summed E-state index contributed by atoms with van der Waals surface area (Å²) in [4.78, 5) is 32.5. The molecule has 2 aromatic heterocycles. The summed E-state index contributed by atoms with van der Waals surface area (Å²) in [5, 5.41) is 24.0. The van der Waals surface area contributed by atoms with E-state index in [2.05, 4.69) is 10.3 Å². The first-order valence-electron chi connectivity index (χ1n) is 12.7. The second-order valence-corrected chi connectivity index (χ2v) is 9.81. The molecule has 3 aromatic carbocycles. The van der Waals surface area contributed by atoms with Crippen molar-refractivity contribution in [1.29, 1.82) is 0 Å². The number of carbonyl (C=O) groups excluding carboxylic acids is 2. The van der Waals surface area contributed by atoms with Crippen LogP contribution in [0.5, 0.6) is 11.5 Å². The van der Waals surface area contributed by atoms with E-state index in [1.54, 1.807) is 64.2 Å². The van der Waals surface area contributed by atoms with Gasteiger partial charge in [0, 0.05) is 47.8 Å². The Bertz CT molecular complexity index is 1750. The van der Waals surface area contributed by atoms with Crippen LogP contribution in [0, 0.1) is 0 Å². The first-order chi connectivity index (χ1) is 19.5. The predicted octanol–water partition coefficient (Wildman–Crippen LogP) is 4.80. The molecule has 0 saturated heterocycles. The number of benzene rings is 3. The van der Waals surface area contributed by atoms with Gasteiger partial charge in [-0.1, -0.05) is 24.3 Å². The molecule has 0 spiro atoms. The van der Waals surface area contributed by atoms with E-state index in [0.717, 1.165) is 16.3 Å². The normalized spacial score (nSPS) is 14.4. The Hall–Kier alpha value is -4.60. The first-order valence-corrected chi connectivity index (χ1v) is 13.3. The van der Waals surface area contributed by atoms with Gasteiger partial charge in [-0.2, -0.15) is 0 Å². The third kappa shape index (κ3) is 4.59. The minimum atomic E-state index is -0.308. The number of hydrogen-bond donors (Lipinski definition) is 3. The van der Waals surface area contributed by atoms with Gasteiger partial charge in [-0.25, -0.2) is 4.98 Å². The fourth-order valence-electron chi connectivity index (χ4n) is 5.12. The van der Waals surface area contributed by atoms with E-state index in [0.29, 0.717) is 40.8 Å². The lowest BCUT2D eigenvalue weighted by Gasteiger charge is -2.17. The lowest BCUT2D eigenvalue weighted by molar-refractivity contribution is 0.0982. The molecule has 0 radical (unpaired) electrons. The van der Waals surface area contributed by atoms with Crippen LogP contribution in [-0.4, -0.2) is 57.1 Å². The molecule has 1 aliphatic rings. The van der Waals surface area contributed by atoms with Crippen LogP contribution in [0.25, 0.3) is 16.4 Å². The minimum absolute atomic E-state index is 0.0831. The van der Waals surface area contributed by atoms with Crippen LogP contribution in [0.15, 0.2) is 79.1 Å². The number of nitrogens with one attached hydrogen (secondary N) is 1. The van der Waals surface area contributed by atoms with Crippen LogP contribution in [0.4, 0.5) is 11.4 Å². The number of ether oxygens (including phenoxy) is 1. The number of pyridine rings is 1. The van der Waals surface area contributed by atoms with Crippen LogP contribution >= 0.6 is 11.6 Å². The molecule has 5 aromatic rings. The summed E-state index contributed by atoms with van der Waals surface area (Å²) in [5.74, 6) is 0.297. The van der Waals surface area contributed by atoms with Gasteiger partial charge in [-0.3, -0.25) is 9.59 Å². The Labute approximate surface area is 234 Å². The van der Waals surface area contributed by atoms with Crippen molar-refractivity contribution >= 4 is 51.2 Å². The van der Waals surface area contributed by atoms with Crippen molar-refractivity contribution in [2.24, 2.45) is 0 Å². The fourth-order valence-corrected chi connectivity index (χ4v) is 5.37. The van der Waals surface area contributed by atoms with Crippen molar-refractivity contribution in [2.75, 3.05) is 35.9 Å². The third-order valence-corrected chi connectivity index (χ3v) is 7.35. The Morgan fingerprint density at radius 3 is 2.58 bits per heavy atom. The molecule has 9 nitrogen and oxygen atoms in total. The number of nitrogens with zero attached hydrogens (tertiary/aromatic N) is 3. The summed E-state index contributed by atoms with van der Waals surface area (Å²) in [6.07, 6.45) is 3.31. The molecule has 0 aliphatic carbocycles. The van der Waals surface area contributed by atoms with Crippen molar-refractivity contribution < 1.29 is 24.5 Å². The molecule has 0 bridgehead atoms. The standard InChI is InChI=1S/C30H25ClN4O5/c31-14-19-15-35(25-13-26(37)22-3-1-2-4-23(22)28(19)25)30(39)24-17-34-16-20(7-10-27(34)33-24)32-29(38)18-5-8-21(9-6-18)40-12-11-36/h1-10,13,16-17,19,36-37H,11-12,14-15H2,(H,32,38)/t19-/m1/s1. The lowest BCUT2D eigenvalue weighted by atomic mass is 9.95. The van der Waals surface area contributed by atoms with E-state index in [1.807, 2.05) is 24.3 Å². The highest BCUT2D eigenvalue weighted by Gasteiger charge is 2.35. The van der Waals surface area contributed by atoms with Crippen molar-refractivity contribution in [3.8, 4) is 11.5 Å². The average molecular weight is 557 g/mol. The molecule has 10 heteroatoms. The molecule has 2 amide bonds. The van der Waals surface area contributed by atoms with Gasteiger partial charge in [-0.05, 0) is 47.3 Å². The molecule has 1 atom stereocenters. The number of phenols is 1. The number of fused-ring (bicyclic) bond motifs is 4. The number of aromatic nitrogens is 2. The van der Waals surface area contributed by atoms with Gasteiger partial charge in [0.25, 0.3) is 11.8 Å². The van der Waals surface area contributed by atoms with E-state index < -0.39 is 0 Å². The average Bonchev–Trinajstić information content (AvgIpc) is 3.57. The fraction of sp³-hybridized carbons (Fsp3) is 0.167.